The number of rotatable bonds is 7. The number of aromatic nitrogens is 1. The quantitative estimate of drug-likeness (QED) is 0.735. The molecule has 0 saturated carbocycles. The van der Waals surface area contributed by atoms with Crippen LogP contribution >= 0.6 is 22.9 Å². The van der Waals surface area contributed by atoms with Crippen LogP contribution in [-0.4, -0.2) is 23.5 Å². The van der Waals surface area contributed by atoms with Crippen molar-refractivity contribution in [3.05, 3.63) is 44.9 Å². The number of amides is 1. The average Bonchev–Trinajstić information content (AvgIpc) is 3.03. The van der Waals surface area contributed by atoms with Crippen LogP contribution in [0.2, 0.25) is 5.02 Å². The van der Waals surface area contributed by atoms with E-state index in [-0.39, 0.29) is 5.91 Å². The van der Waals surface area contributed by atoms with Gasteiger partial charge in [-0.15, -0.1) is 11.3 Å². The lowest BCUT2D eigenvalue weighted by atomic mass is 10.0. The van der Waals surface area contributed by atoms with Crippen molar-refractivity contribution in [1.82, 2.24) is 10.3 Å². The highest BCUT2D eigenvalue weighted by molar-refractivity contribution is 7.11. The van der Waals surface area contributed by atoms with Crippen LogP contribution in [0.1, 0.15) is 41.8 Å². The lowest BCUT2D eigenvalue weighted by molar-refractivity contribution is -0.127. The zero-order chi connectivity index (χ0) is 17.6. The van der Waals surface area contributed by atoms with Crippen molar-refractivity contribution < 1.29 is 9.53 Å². The molecule has 0 radical (unpaired) electrons. The number of halogens is 1. The Morgan fingerprint density at radius 2 is 2.08 bits per heavy atom. The Labute approximate surface area is 157 Å². The molecule has 2 aromatic rings. The van der Waals surface area contributed by atoms with Crippen LogP contribution < -0.4 is 10.1 Å². The van der Waals surface area contributed by atoms with Gasteiger partial charge in [-0.3, -0.25) is 4.79 Å². The van der Waals surface area contributed by atoms with Crippen LogP contribution in [0.4, 0.5) is 0 Å². The van der Waals surface area contributed by atoms with E-state index in [9.17, 15) is 4.79 Å². The number of thiazole rings is 1. The molecule has 3 rings (SSSR count). The highest BCUT2D eigenvalue weighted by atomic mass is 35.5. The number of benzene rings is 1. The lowest BCUT2D eigenvalue weighted by Gasteiger charge is -2.14. The number of carbonyl (C=O) groups excluding carboxylic acids is 1. The van der Waals surface area contributed by atoms with Crippen molar-refractivity contribution in [2.45, 2.75) is 51.6 Å². The molecule has 1 aliphatic rings. The molecule has 1 amide bonds. The number of nitrogens with one attached hydrogen (secondary N) is 1. The molecule has 0 fully saturated rings. The maximum atomic E-state index is 12.1. The fourth-order valence-corrected chi connectivity index (χ4v) is 4.20. The van der Waals surface area contributed by atoms with E-state index in [4.69, 9.17) is 21.3 Å². The Morgan fingerprint density at radius 3 is 2.84 bits per heavy atom. The fourth-order valence-electron chi connectivity index (χ4n) is 2.88. The lowest BCUT2D eigenvalue weighted by Crippen LogP contribution is -2.36. The minimum atomic E-state index is -0.534. The van der Waals surface area contributed by atoms with E-state index in [1.165, 1.54) is 34.8 Å². The summed E-state index contributed by atoms with van der Waals surface area (Å²) in [7, 11) is 0. The number of fused-ring (bicyclic) bond motifs is 1. The van der Waals surface area contributed by atoms with Gasteiger partial charge < -0.3 is 10.1 Å². The third-order valence-corrected chi connectivity index (χ3v) is 5.72. The van der Waals surface area contributed by atoms with Crippen molar-refractivity contribution in [2.24, 2.45) is 0 Å². The highest BCUT2D eigenvalue weighted by Crippen LogP contribution is 2.27. The predicted molar refractivity (Wildman–Crippen MR) is 102 cm³/mol. The van der Waals surface area contributed by atoms with Crippen molar-refractivity contribution in [3.8, 4) is 5.75 Å². The van der Waals surface area contributed by atoms with Crippen LogP contribution in [0.25, 0.3) is 0 Å². The molecule has 134 valence electrons. The SMILES string of the molecule is CC(Oc1ccc(Cl)cc1)C(=O)NCCCc1nc2c(s1)CCCC2. The molecule has 1 heterocycles. The molecule has 1 atom stereocenters. The van der Waals surface area contributed by atoms with Gasteiger partial charge in [0.1, 0.15) is 5.75 Å². The second-order valence-electron chi connectivity index (χ2n) is 6.29. The first-order chi connectivity index (χ1) is 12.1. The molecule has 1 unspecified atom stereocenters. The molecule has 0 aliphatic heterocycles. The summed E-state index contributed by atoms with van der Waals surface area (Å²) in [5.41, 5.74) is 1.31. The van der Waals surface area contributed by atoms with Gasteiger partial charge in [0, 0.05) is 22.9 Å². The predicted octanol–water partition coefficient (Wildman–Crippen LogP) is 4.19. The van der Waals surface area contributed by atoms with Gasteiger partial charge in [-0.25, -0.2) is 4.98 Å². The Hall–Kier alpha value is -1.59. The largest absolute Gasteiger partial charge is 0.481 e. The number of hydrogen-bond acceptors (Lipinski definition) is 4. The Bertz CT molecular complexity index is 691. The third-order valence-electron chi connectivity index (χ3n) is 4.25. The van der Waals surface area contributed by atoms with E-state index in [1.54, 1.807) is 31.2 Å². The van der Waals surface area contributed by atoms with Crippen molar-refractivity contribution in [1.29, 1.82) is 0 Å². The van der Waals surface area contributed by atoms with E-state index in [0.717, 1.165) is 19.3 Å². The molecule has 4 nitrogen and oxygen atoms in total. The van der Waals surface area contributed by atoms with E-state index < -0.39 is 6.10 Å². The van der Waals surface area contributed by atoms with Crippen molar-refractivity contribution in [3.63, 3.8) is 0 Å². The van der Waals surface area contributed by atoms with Gasteiger partial charge in [-0.1, -0.05) is 11.6 Å². The normalized spacial score (nSPS) is 14.6. The van der Waals surface area contributed by atoms with Gasteiger partial charge in [0.25, 0.3) is 5.91 Å². The number of nitrogens with zero attached hydrogens (tertiary/aromatic N) is 1. The zero-order valence-electron chi connectivity index (χ0n) is 14.4. The summed E-state index contributed by atoms with van der Waals surface area (Å²) in [6.45, 7) is 2.39. The summed E-state index contributed by atoms with van der Waals surface area (Å²) < 4.78 is 5.62. The topological polar surface area (TPSA) is 51.2 Å². The van der Waals surface area contributed by atoms with Gasteiger partial charge in [-0.2, -0.15) is 0 Å². The Kier molecular flexibility index (Phi) is 6.32. The van der Waals surface area contributed by atoms with Crippen molar-refractivity contribution >= 4 is 28.8 Å². The van der Waals surface area contributed by atoms with Crippen LogP contribution in [0, 0.1) is 0 Å². The van der Waals surface area contributed by atoms with Crippen LogP contribution in [-0.2, 0) is 24.1 Å². The average molecular weight is 379 g/mol. The van der Waals surface area contributed by atoms with Gasteiger partial charge >= 0.3 is 0 Å². The minimum Gasteiger partial charge on any atom is -0.481 e. The van der Waals surface area contributed by atoms with Gasteiger partial charge in [0.05, 0.1) is 10.7 Å². The fraction of sp³-hybridized carbons (Fsp3) is 0.474. The molecule has 1 aromatic heterocycles. The number of ether oxygens (including phenoxy) is 1. The molecule has 1 aromatic carbocycles. The van der Waals surface area contributed by atoms with Gasteiger partial charge in [-0.05, 0) is 63.3 Å². The van der Waals surface area contributed by atoms with Crippen LogP contribution in [0.3, 0.4) is 0 Å². The summed E-state index contributed by atoms with van der Waals surface area (Å²) in [4.78, 5) is 18.3. The molecule has 0 bridgehead atoms. The zero-order valence-corrected chi connectivity index (χ0v) is 16.0. The number of aryl methyl sites for hydroxylation is 3. The maximum Gasteiger partial charge on any atom is 0.260 e. The first kappa shape index (κ1) is 18.2. The summed E-state index contributed by atoms with van der Waals surface area (Å²) in [6.07, 6.45) is 6.14. The molecule has 0 saturated heterocycles. The molecule has 1 N–H and O–H groups in total. The molecular weight excluding hydrogens is 356 g/mol. The summed E-state index contributed by atoms with van der Waals surface area (Å²) >= 11 is 7.68. The molecule has 1 aliphatic carbocycles. The second-order valence-corrected chi connectivity index (χ2v) is 7.90. The molecular formula is C19H23ClN2O2S. The number of carbonyl (C=O) groups is 1. The Balaban J connectivity index is 1.38. The summed E-state index contributed by atoms with van der Waals surface area (Å²) in [6, 6.07) is 7.01. The van der Waals surface area contributed by atoms with E-state index in [0.29, 0.717) is 17.3 Å². The first-order valence-corrected chi connectivity index (χ1v) is 9.98. The van der Waals surface area contributed by atoms with Gasteiger partial charge in [0.2, 0.25) is 0 Å². The van der Waals surface area contributed by atoms with Crippen molar-refractivity contribution in [2.75, 3.05) is 6.54 Å². The molecule has 0 spiro atoms. The second kappa shape index (κ2) is 8.68. The van der Waals surface area contributed by atoms with E-state index in [1.807, 2.05) is 11.3 Å². The standard InChI is InChI=1S/C19H23ClN2O2S/c1-13(24-15-10-8-14(20)9-11-15)19(23)21-12-4-7-18-22-16-5-2-3-6-17(16)25-18/h8-11,13H,2-7,12H2,1H3,(H,21,23). The van der Waals surface area contributed by atoms with Crippen LogP contribution in [0.5, 0.6) is 5.75 Å². The number of hydrogen-bond donors (Lipinski definition) is 1. The summed E-state index contributed by atoms with van der Waals surface area (Å²) in [5.74, 6) is 0.536. The third kappa shape index (κ3) is 5.19. The Morgan fingerprint density at radius 1 is 1.32 bits per heavy atom. The van der Waals surface area contributed by atoms with Crippen LogP contribution in [0.15, 0.2) is 24.3 Å². The van der Waals surface area contributed by atoms with E-state index >= 15 is 0 Å². The smallest absolute Gasteiger partial charge is 0.260 e. The van der Waals surface area contributed by atoms with E-state index in [2.05, 4.69) is 5.32 Å². The maximum absolute atomic E-state index is 12.1. The molecule has 6 heteroatoms. The summed E-state index contributed by atoms with van der Waals surface area (Å²) in [5, 5.41) is 4.78. The highest BCUT2D eigenvalue weighted by Gasteiger charge is 2.16. The first-order valence-electron chi connectivity index (χ1n) is 8.79. The molecule has 25 heavy (non-hydrogen) atoms. The van der Waals surface area contributed by atoms with Gasteiger partial charge in [0.15, 0.2) is 6.10 Å². The monoisotopic (exact) mass is 378 g/mol. The minimum absolute atomic E-state index is 0.103.